The summed E-state index contributed by atoms with van der Waals surface area (Å²) in [5.41, 5.74) is -0.0723. The molecule has 0 saturated heterocycles. The number of carbonyl (C=O) groups excluding carboxylic acids is 2. The van der Waals surface area contributed by atoms with E-state index in [0.717, 1.165) is 6.07 Å². The Morgan fingerprint density at radius 1 is 1.31 bits per heavy atom. The van der Waals surface area contributed by atoms with Crippen LogP contribution in [0.15, 0.2) is 23.1 Å². The first kappa shape index (κ1) is 19.9. The highest BCUT2D eigenvalue weighted by molar-refractivity contribution is 7.90. The summed E-state index contributed by atoms with van der Waals surface area (Å²) in [6.07, 6.45) is 0. The molecule has 1 aliphatic heterocycles. The highest BCUT2D eigenvalue weighted by atomic mass is 32.2. The summed E-state index contributed by atoms with van der Waals surface area (Å²) in [6, 6.07) is 2.51. The number of methoxy groups -OCH3 is 1. The maximum Gasteiger partial charge on any atom is 0.326 e. The van der Waals surface area contributed by atoms with Crippen molar-refractivity contribution in [3.05, 3.63) is 29.3 Å². The molecule has 0 radical (unpaired) electrons. The quantitative estimate of drug-likeness (QED) is 0.692. The van der Waals surface area contributed by atoms with E-state index >= 15 is 0 Å². The van der Waals surface area contributed by atoms with Gasteiger partial charge in [-0.25, -0.2) is 17.5 Å². The van der Waals surface area contributed by atoms with Gasteiger partial charge in [-0.1, -0.05) is 13.8 Å². The zero-order valence-electron chi connectivity index (χ0n) is 14.6. The summed E-state index contributed by atoms with van der Waals surface area (Å²) in [5, 5.41) is 11.5. The van der Waals surface area contributed by atoms with Crippen LogP contribution < -0.4 is 5.32 Å². The van der Waals surface area contributed by atoms with E-state index in [9.17, 15) is 22.8 Å². The molecule has 1 aromatic carbocycles. The molecule has 2 rings (SSSR count). The molecule has 0 fully saturated rings. The van der Waals surface area contributed by atoms with E-state index in [1.807, 2.05) is 0 Å². The number of hydrogen-bond donors (Lipinski definition) is 2. The molecule has 0 saturated carbocycles. The Morgan fingerprint density at radius 3 is 2.50 bits per heavy atom. The molecule has 10 heteroatoms. The third-order valence-electron chi connectivity index (χ3n) is 3.99. The molecule has 0 bridgehead atoms. The molecule has 1 heterocycles. The van der Waals surface area contributed by atoms with Crippen LogP contribution in [0.5, 0.6) is 0 Å². The summed E-state index contributed by atoms with van der Waals surface area (Å²) >= 11 is 0. The van der Waals surface area contributed by atoms with Gasteiger partial charge in [0.05, 0.1) is 18.7 Å². The summed E-state index contributed by atoms with van der Waals surface area (Å²) < 4.78 is 30.6. The van der Waals surface area contributed by atoms with Crippen LogP contribution in [0.1, 0.15) is 34.6 Å². The zero-order valence-corrected chi connectivity index (χ0v) is 15.4. The number of amides is 2. The van der Waals surface area contributed by atoms with Crippen LogP contribution in [0.25, 0.3) is 0 Å². The number of sulfonamides is 1. The van der Waals surface area contributed by atoms with Crippen molar-refractivity contribution in [1.82, 2.24) is 9.62 Å². The number of carboxylic acid groups (broad SMARTS) is 1. The first-order chi connectivity index (χ1) is 12.1. The smallest absolute Gasteiger partial charge is 0.326 e. The fraction of sp³-hybridized carbons (Fsp3) is 0.438. The number of fused-ring (bicyclic) bond motifs is 1. The van der Waals surface area contributed by atoms with Gasteiger partial charge >= 0.3 is 5.97 Å². The average molecular weight is 384 g/mol. The second-order valence-electron chi connectivity index (χ2n) is 6.12. The minimum Gasteiger partial charge on any atom is -0.480 e. The minimum absolute atomic E-state index is 0.0312. The van der Waals surface area contributed by atoms with Gasteiger partial charge in [0.25, 0.3) is 21.8 Å². The molecular weight excluding hydrogens is 364 g/mol. The Hall–Kier alpha value is -2.46. The number of aliphatic carboxylic acids is 1. The van der Waals surface area contributed by atoms with Crippen LogP contribution in [0.4, 0.5) is 0 Å². The number of nitrogens with zero attached hydrogens (tertiary/aromatic N) is 1. The number of carbonyl (C=O) groups is 3. The Balaban J connectivity index is 2.34. The van der Waals surface area contributed by atoms with E-state index in [2.05, 4.69) is 5.32 Å². The van der Waals surface area contributed by atoms with Crippen LogP contribution in [-0.2, 0) is 19.6 Å². The van der Waals surface area contributed by atoms with Crippen LogP contribution in [0.3, 0.4) is 0 Å². The van der Waals surface area contributed by atoms with Gasteiger partial charge in [-0.15, -0.1) is 0 Å². The molecule has 0 aromatic heterocycles. The Labute approximate surface area is 151 Å². The van der Waals surface area contributed by atoms with E-state index in [4.69, 9.17) is 9.84 Å². The number of nitrogens with one attached hydrogen (secondary N) is 1. The monoisotopic (exact) mass is 384 g/mol. The largest absolute Gasteiger partial charge is 0.480 e. The Bertz CT molecular complexity index is 848. The van der Waals surface area contributed by atoms with E-state index in [1.165, 1.54) is 19.2 Å². The molecule has 1 aliphatic rings. The van der Waals surface area contributed by atoms with Crippen molar-refractivity contribution in [2.24, 2.45) is 5.92 Å². The van der Waals surface area contributed by atoms with Gasteiger partial charge in [-0.05, 0) is 24.1 Å². The van der Waals surface area contributed by atoms with E-state index in [0.29, 0.717) is 4.31 Å². The molecule has 0 aliphatic carbocycles. The fourth-order valence-electron chi connectivity index (χ4n) is 2.55. The summed E-state index contributed by atoms with van der Waals surface area (Å²) in [4.78, 5) is 35.5. The number of carboxylic acids is 1. The van der Waals surface area contributed by atoms with Crippen molar-refractivity contribution in [2.75, 3.05) is 20.3 Å². The topological polar surface area (TPSA) is 130 Å². The average Bonchev–Trinajstić information content (AvgIpc) is 2.76. The van der Waals surface area contributed by atoms with Crippen LogP contribution in [0.2, 0.25) is 0 Å². The number of hydrogen-bond acceptors (Lipinski definition) is 6. The van der Waals surface area contributed by atoms with Crippen LogP contribution in [-0.4, -0.2) is 61.9 Å². The van der Waals surface area contributed by atoms with Crippen LogP contribution in [0, 0.1) is 5.92 Å². The number of rotatable bonds is 7. The van der Waals surface area contributed by atoms with Crippen molar-refractivity contribution in [3.8, 4) is 0 Å². The Kier molecular flexibility index (Phi) is 5.67. The molecule has 0 spiro atoms. The molecule has 26 heavy (non-hydrogen) atoms. The second kappa shape index (κ2) is 7.42. The zero-order chi connectivity index (χ0) is 19.6. The first-order valence-electron chi connectivity index (χ1n) is 7.85. The molecule has 2 N–H and O–H groups in total. The van der Waals surface area contributed by atoms with E-state index < -0.39 is 33.8 Å². The van der Waals surface area contributed by atoms with Crippen molar-refractivity contribution in [3.63, 3.8) is 0 Å². The molecular formula is C16H20N2O7S. The van der Waals surface area contributed by atoms with Crippen molar-refractivity contribution in [2.45, 2.75) is 24.8 Å². The van der Waals surface area contributed by atoms with Gasteiger partial charge in [0, 0.05) is 12.7 Å². The van der Waals surface area contributed by atoms with Crippen molar-refractivity contribution in [1.29, 1.82) is 0 Å². The van der Waals surface area contributed by atoms with Gasteiger partial charge in [-0.3, -0.25) is 9.59 Å². The molecule has 0 unspecified atom stereocenters. The summed E-state index contributed by atoms with van der Waals surface area (Å²) in [5.74, 6) is -2.97. The lowest BCUT2D eigenvalue weighted by Gasteiger charge is -2.18. The lowest BCUT2D eigenvalue weighted by atomic mass is 10.0. The predicted molar refractivity (Wildman–Crippen MR) is 90.3 cm³/mol. The van der Waals surface area contributed by atoms with Crippen molar-refractivity contribution < 1.29 is 32.6 Å². The second-order valence-corrected chi connectivity index (χ2v) is 7.95. The Morgan fingerprint density at radius 2 is 1.96 bits per heavy atom. The SMILES string of the molecule is COCCN1C(=O)c2ccc(C(=O)N[C@H](C(=O)O)C(C)C)cc2S1(=O)=O. The third kappa shape index (κ3) is 3.56. The number of benzene rings is 1. The third-order valence-corrected chi connectivity index (χ3v) is 5.81. The minimum atomic E-state index is -4.08. The lowest BCUT2D eigenvalue weighted by molar-refractivity contribution is -0.140. The van der Waals surface area contributed by atoms with E-state index in [1.54, 1.807) is 13.8 Å². The maximum absolute atomic E-state index is 12.5. The summed E-state index contributed by atoms with van der Waals surface area (Å²) in [7, 11) is -2.69. The van der Waals surface area contributed by atoms with Gasteiger partial charge in [0.1, 0.15) is 10.9 Å². The van der Waals surface area contributed by atoms with E-state index in [-0.39, 0.29) is 35.1 Å². The fourth-order valence-corrected chi connectivity index (χ4v) is 4.13. The summed E-state index contributed by atoms with van der Waals surface area (Å²) in [6.45, 7) is 3.18. The highest BCUT2D eigenvalue weighted by Crippen LogP contribution is 2.30. The van der Waals surface area contributed by atoms with Gasteiger partial charge in [0.15, 0.2) is 0 Å². The predicted octanol–water partition coefficient (Wildman–Crippen LogP) is 0.316. The van der Waals surface area contributed by atoms with Crippen molar-refractivity contribution >= 4 is 27.8 Å². The normalized spacial score (nSPS) is 16.5. The maximum atomic E-state index is 12.5. The standard InChI is InChI=1S/C16H20N2O7S/c1-9(2)13(16(21)22)17-14(19)10-4-5-11-12(8-10)26(23,24)18(15(11)20)6-7-25-3/h4-5,8-9,13H,6-7H2,1-3H3,(H,17,19)(H,21,22)/t13-/m0/s1. The van der Waals surface area contributed by atoms with Gasteiger partial charge < -0.3 is 15.2 Å². The molecule has 1 aromatic rings. The molecule has 1 atom stereocenters. The van der Waals surface area contributed by atoms with Gasteiger partial charge in [-0.2, -0.15) is 0 Å². The van der Waals surface area contributed by atoms with Gasteiger partial charge in [0.2, 0.25) is 0 Å². The highest BCUT2D eigenvalue weighted by Gasteiger charge is 2.41. The first-order valence-corrected chi connectivity index (χ1v) is 9.29. The molecule has 2 amide bonds. The lowest BCUT2D eigenvalue weighted by Crippen LogP contribution is -2.44. The molecule has 142 valence electrons. The number of ether oxygens (including phenoxy) is 1. The molecule has 9 nitrogen and oxygen atoms in total. The van der Waals surface area contributed by atoms with Crippen LogP contribution >= 0.6 is 0 Å².